The van der Waals surface area contributed by atoms with E-state index in [0.29, 0.717) is 5.56 Å². The van der Waals surface area contributed by atoms with Gasteiger partial charge in [-0.15, -0.1) is 0 Å². The second kappa shape index (κ2) is 7.58. The van der Waals surface area contributed by atoms with E-state index in [1.165, 1.54) is 37.3 Å². The molecule has 0 aromatic heterocycles. The molecule has 0 aliphatic heterocycles. The fourth-order valence-corrected chi connectivity index (χ4v) is 2.20. The number of ether oxygens (including phenoxy) is 2. The number of esters is 1. The van der Waals surface area contributed by atoms with Crippen molar-refractivity contribution in [2.45, 2.75) is 13.8 Å². The third-order valence-electron chi connectivity index (χ3n) is 3.42. The van der Waals surface area contributed by atoms with Crippen LogP contribution in [-0.2, 0) is 4.74 Å². The summed E-state index contributed by atoms with van der Waals surface area (Å²) in [7, 11) is 0. The maximum Gasteiger partial charge on any atom is 0.341 e. The Bertz CT molecular complexity index is 975. The summed E-state index contributed by atoms with van der Waals surface area (Å²) in [4.78, 5) is 12.0. The number of rotatable bonds is 4. The molecule has 0 amide bonds. The van der Waals surface area contributed by atoms with Crippen molar-refractivity contribution in [3.63, 3.8) is 0 Å². The van der Waals surface area contributed by atoms with Crippen LogP contribution in [0.4, 0.5) is 13.2 Å². The summed E-state index contributed by atoms with van der Waals surface area (Å²) in [6, 6.07) is 6.85. The Morgan fingerprint density at radius 1 is 1.04 bits per heavy atom. The molecule has 0 aliphatic rings. The molecule has 0 N–H and O–H groups in total. The standard InChI is InChI=1S/C18H11F3N2O3/c1-3-25-18(24)10-6-4-5-9(2)16(10)26-17-14(20)12(8-23)11(7-22)13(19)15(17)21/h4-6H,3H2,1-2H3. The first kappa shape index (κ1) is 18.8. The summed E-state index contributed by atoms with van der Waals surface area (Å²) in [5.74, 6) is -7.32. The largest absolute Gasteiger partial charge is 0.462 e. The Morgan fingerprint density at radius 3 is 2.23 bits per heavy atom. The molecule has 0 spiro atoms. The highest BCUT2D eigenvalue weighted by Crippen LogP contribution is 2.36. The van der Waals surface area contributed by atoms with E-state index >= 15 is 0 Å². The topological polar surface area (TPSA) is 83.1 Å². The van der Waals surface area contributed by atoms with Crippen molar-refractivity contribution >= 4 is 5.97 Å². The van der Waals surface area contributed by atoms with Crippen LogP contribution in [0, 0.1) is 47.0 Å². The first-order valence-corrected chi connectivity index (χ1v) is 7.32. The van der Waals surface area contributed by atoms with Crippen molar-refractivity contribution in [1.82, 2.24) is 0 Å². The van der Waals surface area contributed by atoms with Crippen LogP contribution in [0.1, 0.15) is 34.0 Å². The fourth-order valence-electron chi connectivity index (χ4n) is 2.20. The van der Waals surface area contributed by atoms with Crippen LogP contribution in [-0.4, -0.2) is 12.6 Å². The van der Waals surface area contributed by atoms with Gasteiger partial charge in [0.2, 0.25) is 11.6 Å². The lowest BCUT2D eigenvalue weighted by Crippen LogP contribution is -2.09. The second-order valence-corrected chi connectivity index (χ2v) is 5.02. The van der Waals surface area contributed by atoms with Gasteiger partial charge in [0.15, 0.2) is 11.6 Å². The van der Waals surface area contributed by atoms with Crippen molar-refractivity contribution in [3.8, 4) is 23.6 Å². The molecular formula is C18H11F3N2O3. The van der Waals surface area contributed by atoms with E-state index in [0.717, 1.165) is 0 Å². The first-order valence-electron chi connectivity index (χ1n) is 7.32. The minimum Gasteiger partial charge on any atom is -0.462 e. The maximum atomic E-state index is 14.4. The van der Waals surface area contributed by atoms with Gasteiger partial charge in [-0.25, -0.2) is 13.6 Å². The molecule has 0 aliphatic carbocycles. The molecule has 0 fully saturated rings. The zero-order valence-electron chi connectivity index (χ0n) is 13.7. The number of nitrogens with zero attached hydrogens (tertiary/aromatic N) is 2. The number of benzene rings is 2. The van der Waals surface area contributed by atoms with E-state index in [4.69, 9.17) is 20.0 Å². The molecular weight excluding hydrogens is 349 g/mol. The zero-order chi connectivity index (χ0) is 19.4. The van der Waals surface area contributed by atoms with Crippen molar-refractivity contribution in [2.24, 2.45) is 0 Å². The number of para-hydroxylation sites is 1. The van der Waals surface area contributed by atoms with Gasteiger partial charge in [0.1, 0.15) is 34.6 Å². The fraction of sp³-hybridized carbons (Fsp3) is 0.167. The minimum absolute atomic E-state index is 0.0546. The summed E-state index contributed by atoms with van der Waals surface area (Å²) >= 11 is 0. The Hall–Kier alpha value is -3.52. The lowest BCUT2D eigenvalue weighted by Gasteiger charge is -2.15. The summed E-state index contributed by atoms with van der Waals surface area (Å²) in [6.45, 7) is 3.13. The molecule has 0 atom stereocenters. The highest BCUT2D eigenvalue weighted by molar-refractivity contribution is 5.93. The SMILES string of the molecule is CCOC(=O)c1cccc(C)c1Oc1c(F)c(F)c(C#N)c(C#N)c1F. The van der Waals surface area contributed by atoms with Gasteiger partial charge >= 0.3 is 5.97 Å². The van der Waals surface area contributed by atoms with E-state index in [-0.39, 0.29) is 17.9 Å². The van der Waals surface area contributed by atoms with Crippen LogP contribution in [0.3, 0.4) is 0 Å². The smallest absolute Gasteiger partial charge is 0.341 e. The van der Waals surface area contributed by atoms with Gasteiger partial charge in [-0.2, -0.15) is 14.9 Å². The Balaban J connectivity index is 2.68. The van der Waals surface area contributed by atoms with Crippen molar-refractivity contribution in [1.29, 1.82) is 10.5 Å². The number of hydrogen-bond donors (Lipinski definition) is 0. The van der Waals surface area contributed by atoms with Crippen LogP contribution in [0.5, 0.6) is 11.5 Å². The van der Waals surface area contributed by atoms with Crippen LogP contribution in [0.25, 0.3) is 0 Å². The summed E-state index contributed by atoms with van der Waals surface area (Å²) < 4.78 is 52.6. The molecule has 2 aromatic carbocycles. The van der Waals surface area contributed by atoms with E-state index < -0.39 is 40.3 Å². The normalized spacial score (nSPS) is 9.96. The molecule has 0 saturated carbocycles. The number of hydrogen-bond acceptors (Lipinski definition) is 5. The summed E-state index contributed by atoms with van der Waals surface area (Å²) in [5, 5.41) is 17.7. The predicted molar refractivity (Wildman–Crippen MR) is 83.0 cm³/mol. The summed E-state index contributed by atoms with van der Waals surface area (Å²) in [6.07, 6.45) is 0. The molecule has 2 rings (SSSR count). The van der Waals surface area contributed by atoms with Gasteiger partial charge in [0.05, 0.1) is 6.61 Å². The molecule has 2 aromatic rings. The second-order valence-electron chi connectivity index (χ2n) is 5.02. The van der Waals surface area contributed by atoms with Crippen LogP contribution in [0.15, 0.2) is 18.2 Å². The third-order valence-corrected chi connectivity index (χ3v) is 3.42. The Labute approximate surface area is 146 Å². The number of halogens is 3. The summed E-state index contributed by atoms with van der Waals surface area (Å²) in [5.41, 5.74) is -1.87. The predicted octanol–water partition coefficient (Wildman–Crippen LogP) is 4.12. The average molecular weight is 360 g/mol. The monoisotopic (exact) mass is 360 g/mol. The van der Waals surface area contributed by atoms with Gasteiger partial charge in [-0.1, -0.05) is 12.1 Å². The molecule has 132 valence electrons. The molecule has 0 unspecified atom stereocenters. The van der Waals surface area contributed by atoms with E-state index in [1.54, 1.807) is 6.92 Å². The van der Waals surface area contributed by atoms with Gasteiger partial charge in [0, 0.05) is 0 Å². The molecule has 0 saturated heterocycles. The highest BCUT2D eigenvalue weighted by Gasteiger charge is 2.28. The zero-order valence-corrected chi connectivity index (χ0v) is 13.7. The molecule has 0 bridgehead atoms. The molecule has 0 heterocycles. The quantitative estimate of drug-likeness (QED) is 0.605. The first-order chi connectivity index (χ1) is 12.4. The van der Waals surface area contributed by atoms with Gasteiger partial charge in [-0.3, -0.25) is 0 Å². The number of carbonyl (C=O) groups excluding carboxylic acids is 1. The number of nitriles is 2. The van der Waals surface area contributed by atoms with E-state index in [9.17, 15) is 18.0 Å². The third kappa shape index (κ3) is 3.17. The van der Waals surface area contributed by atoms with Crippen molar-refractivity contribution in [3.05, 3.63) is 57.9 Å². The van der Waals surface area contributed by atoms with Crippen molar-refractivity contribution < 1.29 is 27.4 Å². The number of carbonyl (C=O) groups is 1. The van der Waals surface area contributed by atoms with Crippen LogP contribution >= 0.6 is 0 Å². The van der Waals surface area contributed by atoms with E-state index in [1.807, 2.05) is 0 Å². The lowest BCUT2D eigenvalue weighted by molar-refractivity contribution is 0.0523. The molecule has 0 radical (unpaired) electrons. The Morgan fingerprint density at radius 2 is 1.65 bits per heavy atom. The van der Waals surface area contributed by atoms with Crippen LogP contribution < -0.4 is 4.74 Å². The van der Waals surface area contributed by atoms with E-state index in [2.05, 4.69) is 0 Å². The Kier molecular flexibility index (Phi) is 5.48. The van der Waals surface area contributed by atoms with Gasteiger partial charge in [-0.05, 0) is 25.5 Å². The van der Waals surface area contributed by atoms with Crippen LogP contribution in [0.2, 0.25) is 0 Å². The van der Waals surface area contributed by atoms with Gasteiger partial charge in [0.25, 0.3) is 0 Å². The minimum atomic E-state index is -1.78. The number of aryl methyl sites for hydroxylation is 1. The maximum absolute atomic E-state index is 14.4. The molecule has 26 heavy (non-hydrogen) atoms. The molecule has 5 nitrogen and oxygen atoms in total. The average Bonchev–Trinajstić information content (AvgIpc) is 2.62. The lowest BCUT2D eigenvalue weighted by atomic mass is 10.1. The van der Waals surface area contributed by atoms with Gasteiger partial charge < -0.3 is 9.47 Å². The van der Waals surface area contributed by atoms with Crippen molar-refractivity contribution in [2.75, 3.05) is 6.61 Å². The highest BCUT2D eigenvalue weighted by atomic mass is 19.2. The molecule has 8 heteroatoms.